The molecule has 4 aromatic carbocycles. The van der Waals surface area contributed by atoms with E-state index in [-0.39, 0.29) is 22.8 Å². The average molecular weight is 411 g/mol. The van der Waals surface area contributed by atoms with Crippen LogP contribution >= 0.6 is 0 Å². The van der Waals surface area contributed by atoms with Gasteiger partial charge in [-0.1, -0.05) is 54.6 Å². The molecule has 7 nitrogen and oxygen atoms in total. The Labute approximate surface area is 177 Å². The lowest BCUT2D eigenvalue weighted by molar-refractivity contribution is -0.383. The van der Waals surface area contributed by atoms with Gasteiger partial charge in [0.25, 0.3) is 17.5 Å². The zero-order valence-electron chi connectivity index (χ0n) is 16.2. The molecular formula is C24H17N3O4. The number of nitrogens with one attached hydrogen (secondary N) is 2. The molecule has 0 aliphatic carbocycles. The van der Waals surface area contributed by atoms with Crippen molar-refractivity contribution in [3.05, 3.63) is 112 Å². The molecule has 0 spiro atoms. The van der Waals surface area contributed by atoms with E-state index in [1.54, 1.807) is 30.3 Å². The summed E-state index contributed by atoms with van der Waals surface area (Å²) < 4.78 is 0. The smallest absolute Gasteiger partial charge is 0.292 e. The summed E-state index contributed by atoms with van der Waals surface area (Å²) in [4.78, 5) is 36.0. The minimum absolute atomic E-state index is 0.0997. The molecular weight excluding hydrogens is 394 g/mol. The third-order valence-electron chi connectivity index (χ3n) is 4.77. The second-order valence-corrected chi connectivity index (χ2v) is 6.79. The van der Waals surface area contributed by atoms with E-state index < -0.39 is 10.8 Å². The topological polar surface area (TPSA) is 101 Å². The summed E-state index contributed by atoms with van der Waals surface area (Å²) in [6.07, 6.45) is 0. The molecule has 0 saturated carbocycles. The van der Waals surface area contributed by atoms with Crippen LogP contribution in [0.1, 0.15) is 20.7 Å². The fourth-order valence-electron chi connectivity index (χ4n) is 3.29. The lowest BCUT2D eigenvalue weighted by Gasteiger charge is -2.10. The number of hydrogen-bond donors (Lipinski definition) is 2. The summed E-state index contributed by atoms with van der Waals surface area (Å²) in [6.45, 7) is 0. The maximum atomic E-state index is 12.8. The number of amides is 2. The number of carbonyl (C=O) groups is 2. The Morgan fingerprint density at radius 2 is 1.45 bits per heavy atom. The van der Waals surface area contributed by atoms with Gasteiger partial charge in [0, 0.05) is 22.9 Å². The van der Waals surface area contributed by atoms with E-state index in [2.05, 4.69) is 10.6 Å². The Hall–Kier alpha value is -4.52. The number of benzene rings is 4. The van der Waals surface area contributed by atoms with Crippen LogP contribution in [0.2, 0.25) is 0 Å². The normalized spacial score (nSPS) is 10.5. The van der Waals surface area contributed by atoms with Gasteiger partial charge in [-0.15, -0.1) is 0 Å². The zero-order valence-corrected chi connectivity index (χ0v) is 16.2. The molecule has 152 valence electrons. The van der Waals surface area contributed by atoms with Crippen LogP contribution in [0.25, 0.3) is 10.8 Å². The van der Waals surface area contributed by atoms with Crippen molar-refractivity contribution in [1.29, 1.82) is 0 Å². The van der Waals surface area contributed by atoms with E-state index in [4.69, 9.17) is 0 Å². The summed E-state index contributed by atoms with van der Waals surface area (Å²) in [5.41, 5.74) is 1.12. The minimum Gasteiger partial charge on any atom is -0.322 e. The number of nitrogens with zero attached hydrogens (tertiary/aromatic N) is 1. The number of rotatable bonds is 5. The molecule has 0 bridgehead atoms. The standard InChI is InChI=1S/C24H17N3O4/c28-23(26-21-13-3-4-14-22(21)27(30)31)17-9-5-10-18(15-17)25-24(29)20-12-6-8-16-7-1-2-11-19(16)20/h1-15H,(H,25,29)(H,26,28). The van der Waals surface area contributed by atoms with E-state index in [9.17, 15) is 19.7 Å². The van der Waals surface area contributed by atoms with Crippen molar-refractivity contribution < 1.29 is 14.5 Å². The van der Waals surface area contributed by atoms with Crippen LogP contribution < -0.4 is 10.6 Å². The molecule has 7 heteroatoms. The van der Waals surface area contributed by atoms with Crippen LogP contribution in [0.5, 0.6) is 0 Å². The van der Waals surface area contributed by atoms with E-state index in [0.29, 0.717) is 11.3 Å². The summed E-state index contributed by atoms with van der Waals surface area (Å²) in [5, 5.41) is 18.3. The van der Waals surface area contributed by atoms with Gasteiger partial charge in [-0.3, -0.25) is 19.7 Å². The minimum atomic E-state index is -0.559. The van der Waals surface area contributed by atoms with E-state index in [0.717, 1.165) is 10.8 Å². The molecule has 0 radical (unpaired) electrons. The van der Waals surface area contributed by atoms with Gasteiger partial charge in [0.1, 0.15) is 5.69 Å². The highest BCUT2D eigenvalue weighted by Crippen LogP contribution is 2.24. The lowest BCUT2D eigenvalue weighted by Crippen LogP contribution is -2.15. The third-order valence-corrected chi connectivity index (χ3v) is 4.77. The molecule has 0 aromatic heterocycles. The van der Waals surface area contributed by atoms with Crippen molar-refractivity contribution in [1.82, 2.24) is 0 Å². The second kappa shape index (κ2) is 8.46. The highest BCUT2D eigenvalue weighted by molar-refractivity contribution is 6.13. The first-order valence-electron chi connectivity index (χ1n) is 9.47. The van der Waals surface area contributed by atoms with E-state index in [1.165, 1.54) is 24.3 Å². The van der Waals surface area contributed by atoms with Crippen molar-refractivity contribution in [2.24, 2.45) is 0 Å². The summed E-state index contributed by atoms with van der Waals surface area (Å²) in [5.74, 6) is -0.816. The molecule has 0 aliphatic heterocycles. The van der Waals surface area contributed by atoms with Gasteiger partial charge in [-0.05, 0) is 41.1 Å². The summed E-state index contributed by atoms with van der Waals surface area (Å²) >= 11 is 0. The molecule has 0 heterocycles. The fourth-order valence-corrected chi connectivity index (χ4v) is 3.29. The summed E-state index contributed by atoms with van der Waals surface area (Å²) in [6, 6.07) is 25.4. The largest absolute Gasteiger partial charge is 0.322 e. The van der Waals surface area contributed by atoms with E-state index in [1.807, 2.05) is 36.4 Å². The zero-order chi connectivity index (χ0) is 21.8. The molecule has 0 fully saturated rings. The third kappa shape index (κ3) is 4.25. The predicted octanol–water partition coefficient (Wildman–Crippen LogP) is 5.25. The van der Waals surface area contributed by atoms with Crippen LogP contribution in [0.4, 0.5) is 17.1 Å². The van der Waals surface area contributed by atoms with Crippen molar-refractivity contribution in [2.75, 3.05) is 10.6 Å². The number of nitro groups is 1. The highest BCUT2D eigenvalue weighted by Gasteiger charge is 2.16. The van der Waals surface area contributed by atoms with Crippen molar-refractivity contribution >= 4 is 39.6 Å². The molecule has 0 saturated heterocycles. The van der Waals surface area contributed by atoms with Gasteiger partial charge < -0.3 is 10.6 Å². The van der Waals surface area contributed by atoms with Gasteiger partial charge in [0.15, 0.2) is 0 Å². The first-order chi connectivity index (χ1) is 15.0. The Bertz CT molecular complexity index is 1310. The first kappa shape index (κ1) is 19.8. The molecule has 0 atom stereocenters. The molecule has 0 unspecified atom stereocenters. The van der Waals surface area contributed by atoms with Crippen molar-refractivity contribution in [2.45, 2.75) is 0 Å². The number of hydrogen-bond acceptors (Lipinski definition) is 4. The quantitative estimate of drug-likeness (QED) is 0.346. The molecule has 2 amide bonds. The highest BCUT2D eigenvalue weighted by atomic mass is 16.6. The fraction of sp³-hybridized carbons (Fsp3) is 0. The molecule has 2 N–H and O–H groups in total. The Morgan fingerprint density at radius 3 is 2.29 bits per heavy atom. The van der Waals surface area contributed by atoms with Gasteiger partial charge in [-0.25, -0.2) is 0 Å². The Balaban J connectivity index is 1.55. The second-order valence-electron chi connectivity index (χ2n) is 6.79. The van der Waals surface area contributed by atoms with Gasteiger partial charge in [0.2, 0.25) is 0 Å². The van der Waals surface area contributed by atoms with Crippen LogP contribution in [-0.2, 0) is 0 Å². The number of anilines is 2. The maximum absolute atomic E-state index is 12.8. The van der Waals surface area contributed by atoms with Crippen LogP contribution in [0.3, 0.4) is 0 Å². The number of nitro benzene ring substituents is 1. The number of carbonyl (C=O) groups excluding carboxylic acids is 2. The van der Waals surface area contributed by atoms with Crippen LogP contribution in [0, 0.1) is 10.1 Å². The maximum Gasteiger partial charge on any atom is 0.292 e. The Morgan fingerprint density at radius 1 is 0.742 bits per heavy atom. The monoisotopic (exact) mass is 411 g/mol. The first-order valence-corrected chi connectivity index (χ1v) is 9.47. The molecule has 4 rings (SSSR count). The van der Waals surface area contributed by atoms with Crippen LogP contribution in [0.15, 0.2) is 91.0 Å². The molecule has 0 aliphatic rings. The van der Waals surface area contributed by atoms with Crippen LogP contribution in [-0.4, -0.2) is 16.7 Å². The number of para-hydroxylation sites is 2. The SMILES string of the molecule is O=C(Nc1ccccc1[N+](=O)[O-])c1cccc(NC(=O)c2cccc3ccccc23)c1. The van der Waals surface area contributed by atoms with Gasteiger partial charge >= 0.3 is 0 Å². The Kier molecular flexibility index (Phi) is 5.40. The lowest BCUT2D eigenvalue weighted by atomic mass is 10.0. The number of fused-ring (bicyclic) bond motifs is 1. The predicted molar refractivity (Wildman–Crippen MR) is 119 cm³/mol. The summed E-state index contributed by atoms with van der Waals surface area (Å²) in [7, 11) is 0. The molecule has 31 heavy (non-hydrogen) atoms. The van der Waals surface area contributed by atoms with Crippen molar-refractivity contribution in [3.8, 4) is 0 Å². The van der Waals surface area contributed by atoms with Crippen molar-refractivity contribution in [3.63, 3.8) is 0 Å². The van der Waals surface area contributed by atoms with E-state index >= 15 is 0 Å². The van der Waals surface area contributed by atoms with Gasteiger partial charge in [0.05, 0.1) is 4.92 Å². The molecule has 4 aromatic rings. The van der Waals surface area contributed by atoms with Gasteiger partial charge in [-0.2, -0.15) is 0 Å². The average Bonchev–Trinajstić information content (AvgIpc) is 2.79.